The van der Waals surface area contributed by atoms with Crippen molar-refractivity contribution in [1.82, 2.24) is 8.47 Å². The first-order valence-corrected chi connectivity index (χ1v) is 23.6. The second-order valence-electron chi connectivity index (χ2n) is 17.4. The summed E-state index contributed by atoms with van der Waals surface area (Å²) in [5.41, 5.74) is 4.91. The Kier molecular flexibility index (Phi) is 8.96. The zero-order valence-electron chi connectivity index (χ0n) is 33.8. The second-order valence-corrected chi connectivity index (χ2v) is 20.0. The number of aliphatic imine (C=N–C) groups is 4. The van der Waals surface area contributed by atoms with Gasteiger partial charge in [-0.05, 0) is 75.0 Å². The lowest BCUT2D eigenvalue weighted by molar-refractivity contribution is 0.0754. The van der Waals surface area contributed by atoms with E-state index in [0.717, 1.165) is 95.2 Å². The highest BCUT2D eigenvalue weighted by Gasteiger charge is 2.54. The van der Waals surface area contributed by atoms with Crippen molar-refractivity contribution in [1.29, 1.82) is 0 Å². The van der Waals surface area contributed by atoms with Crippen LogP contribution in [-0.4, -0.2) is 77.3 Å². The molecule has 6 bridgehead atoms. The molecule has 2 aromatic heterocycles. The molecule has 2 saturated carbocycles. The van der Waals surface area contributed by atoms with Crippen molar-refractivity contribution in [2.75, 3.05) is 26.4 Å². The minimum absolute atomic E-state index is 0.210. The minimum atomic E-state index is -4.21. The number of hydrogen-bond acceptors (Lipinski definition) is 10. The van der Waals surface area contributed by atoms with Gasteiger partial charge in [0.25, 0.3) is 0 Å². The van der Waals surface area contributed by atoms with Gasteiger partial charge in [0.1, 0.15) is 22.6 Å². The molecule has 61 heavy (non-hydrogen) atoms. The van der Waals surface area contributed by atoms with Gasteiger partial charge in [-0.2, -0.15) is 0 Å². The highest BCUT2D eigenvalue weighted by molar-refractivity contribution is 6.66. The predicted octanol–water partition coefficient (Wildman–Crippen LogP) is 7.00. The molecule has 0 unspecified atom stereocenters. The topological polar surface area (TPSA) is 143 Å². The molecular weight excluding hydrogens is 781 g/mol. The molecule has 6 heterocycles. The van der Waals surface area contributed by atoms with Crippen molar-refractivity contribution < 1.29 is 19.1 Å². The highest BCUT2D eigenvalue weighted by atomic mass is 28.4. The van der Waals surface area contributed by atoms with Crippen LogP contribution < -0.4 is 11.0 Å². The smallest absolute Gasteiger partial charge is 0.396 e. The van der Waals surface area contributed by atoms with Crippen molar-refractivity contribution in [3.63, 3.8) is 0 Å². The third kappa shape index (κ3) is 5.93. The molecule has 6 aromatic rings. The van der Waals surface area contributed by atoms with E-state index in [4.69, 9.17) is 38.8 Å². The van der Waals surface area contributed by atoms with Crippen LogP contribution in [0.15, 0.2) is 127 Å². The summed E-state index contributed by atoms with van der Waals surface area (Å²) >= 11 is 0. The SMILES string of the molecule is OCC1CCC(CO[Si]2(OCC3CCC(CO)CC3)n3c4c5ccccc5c3/N=C3N=C(/N=c5/c6ccccc6/c(n52)=N/C2=NC(=N\4)/c4ccccc42)c2ccccc2\3)CC1. The van der Waals surface area contributed by atoms with E-state index in [2.05, 4.69) is 57.0 Å². The molecule has 13 heteroatoms. The highest BCUT2D eigenvalue weighted by Crippen LogP contribution is 2.44. The van der Waals surface area contributed by atoms with Gasteiger partial charge in [0.05, 0.1) is 0 Å². The van der Waals surface area contributed by atoms with Gasteiger partial charge in [0.15, 0.2) is 23.3 Å². The number of nitrogens with zero attached hydrogens (tertiary/aromatic N) is 8. The van der Waals surface area contributed by atoms with Gasteiger partial charge in [-0.3, -0.25) is 8.47 Å². The van der Waals surface area contributed by atoms with Crippen LogP contribution in [-0.2, 0) is 8.85 Å². The molecule has 0 amide bonds. The van der Waals surface area contributed by atoms with Gasteiger partial charge in [-0.25, -0.2) is 30.0 Å². The van der Waals surface area contributed by atoms with E-state index in [9.17, 15) is 10.2 Å². The van der Waals surface area contributed by atoms with E-state index in [1.165, 1.54) is 0 Å². The third-order valence-corrected chi connectivity index (χ3v) is 16.8. The summed E-state index contributed by atoms with van der Waals surface area (Å²) < 4.78 is 20.1. The average molecular weight is 827 g/mol. The second kappa shape index (κ2) is 14.7. The maximum Gasteiger partial charge on any atom is 0.603 e. The van der Waals surface area contributed by atoms with Gasteiger partial charge in [-0.15, -0.1) is 0 Å². The first kappa shape index (κ1) is 37.1. The third-order valence-electron chi connectivity index (χ3n) is 13.8. The lowest BCUT2D eigenvalue weighted by Gasteiger charge is -2.37. The number of hydrogen-bond donors (Lipinski definition) is 2. The molecule has 6 aliphatic rings. The predicted molar refractivity (Wildman–Crippen MR) is 238 cm³/mol. The van der Waals surface area contributed by atoms with Crippen molar-refractivity contribution in [3.05, 3.63) is 130 Å². The molecule has 12 nitrogen and oxygen atoms in total. The van der Waals surface area contributed by atoms with Crippen molar-refractivity contribution >= 4 is 65.4 Å². The number of aromatic nitrogens is 2. The summed E-state index contributed by atoms with van der Waals surface area (Å²) in [7, 11) is -4.21. The summed E-state index contributed by atoms with van der Waals surface area (Å²) in [6.45, 7) is 1.28. The average Bonchev–Trinajstić information content (AvgIpc) is 4.03. The van der Waals surface area contributed by atoms with Crippen molar-refractivity contribution in [2.24, 2.45) is 53.6 Å². The molecule has 2 N–H and O–H groups in total. The Labute approximate surface area is 353 Å². The van der Waals surface area contributed by atoms with E-state index in [1.54, 1.807) is 0 Å². The molecule has 2 aliphatic carbocycles. The Bertz CT molecular complexity index is 2830. The Morgan fingerprint density at radius 3 is 1.16 bits per heavy atom. The Morgan fingerprint density at radius 1 is 0.426 bits per heavy atom. The maximum atomic E-state index is 10.1. The summed E-state index contributed by atoms with van der Waals surface area (Å²) in [6.07, 6.45) is 7.57. The van der Waals surface area contributed by atoms with Crippen LogP contribution in [0.25, 0.3) is 21.5 Å². The van der Waals surface area contributed by atoms with E-state index < -0.39 is 8.88 Å². The van der Waals surface area contributed by atoms with E-state index in [-0.39, 0.29) is 25.0 Å². The Morgan fingerprint density at radius 2 is 0.770 bits per heavy atom. The number of benzene rings is 4. The molecule has 0 atom stereocenters. The first-order chi connectivity index (χ1) is 30.1. The normalized spacial score (nSPS) is 27.6. The van der Waals surface area contributed by atoms with Crippen LogP contribution in [0.3, 0.4) is 0 Å². The van der Waals surface area contributed by atoms with Crippen LogP contribution in [0.1, 0.15) is 73.6 Å². The number of aliphatic hydroxyl groups is 2. The molecule has 4 aliphatic heterocycles. The molecule has 0 saturated heterocycles. The van der Waals surface area contributed by atoms with Gasteiger partial charge in [0.2, 0.25) is 0 Å². The summed E-state index contributed by atoms with van der Waals surface area (Å²) in [6, 6.07) is 33.0. The standard InChI is InChI=1S/C48H46N8O4Si/c57-25-29-17-21-31(22-18-29)27-59-61(60-28-32-23-19-30(26-58)20-24-32)55-45-37-13-5-6-14-38(37)47(55)53-43-35-11-3-4-12-36(35)44(50-43)54-48-40-16-8-7-15-39(40)46(56(48)61)52-42-34-10-2-1-9-33(34)41(49-42)51-45/h1-16,29-32,57-58H,17-28H2/b51-41-,51-45?,52-42?,52-46-,53-43-,53-47?,54-44?,54-48-. The van der Waals surface area contributed by atoms with Crippen LogP contribution in [0, 0.1) is 23.7 Å². The molecule has 12 rings (SSSR count). The summed E-state index contributed by atoms with van der Waals surface area (Å²) in [5, 5.41) is 23.8. The first-order valence-electron chi connectivity index (χ1n) is 21.9. The lowest BCUT2D eigenvalue weighted by atomic mass is 9.83. The van der Waals surface area contributed by atoms with Crippen LogP contribution in [0.2, 0.25) is 0 Å². The molecule has 0 radical (unpaired) electrons. The fourth-order valence-corrected chi connectivity index (χ4v) is 13.8. The molecule has 0 spiro atoms. The van der Waals surface area contributed by atoms with Gasteiger partial charge in [-0.1, -0.05) is 97.1 Å². The van der Waals surface area contributed by atoms with Gasteiger partial charge < -0.3 is 19.1 Å². The number of amidine groups is 4. The molecule has 2 fully saturated rings. The lowest BCUT2D eigenvalue weighted by Crippen LogP contribution is -2.64. The van der Waals surface area contributed by atoms with Gasteiger partial charge >= 0.3 is 8.88 Å². The fourth-order valence-electron chi connectivity index (χ4n) is 10.3. The quantitative estimate of drug-likeness (QED) is 0.159. The molecule has 306 valence electrons. The van der Waals surface area contributed by atoms with Crippen LogP contribution in [0.4, 0.5) is 11.6 Å². The van der Waals surface area contributed by atoms with Gasteiger partial charge in [0, 0.05) is 70.2 Å². The summed E-state index contributed by atoms with van der Waals surface area (Å²) in [5.74, 6) is 4.67. The largest absolute Gasteiger partial charge is 0.603 e. The molecular formula is C48H46N8O4Si. The summed E-state index contributed by atoms with van der Waals surface area (Å²) in [4.78, 5) is 32.7. The van der Waals surface area contributed by atoms with E-state index in [1.807, 2.05) is 48.5 Å². The zero-order chi connectivity index (χ0) is 40.7. The number of rotatable bonds is 8. The van der Waals surface area contributed by atoms with E-state index in [0.29, 0.717) is 71.0 Å². The van der Waals surface area contributed by atoms with Crippen molar-refractivity contribution in [3.8, 4) is 0 Å². The number of aliphatic hydroxyl groups excluding tert-OH is 2. The fraction of sp³-hybridized carbons (Fsp3) is 0.333. The zero-order valence-corrected chi connectivity index (χ0v) is 34.8. The molecule has 4 aromatic carbocycles. The maximum absolute atomic E-state index is 10.1. The monoisotopic (exact) mass is 826 g/mol. The van der Waals surface area contributed by atoms with Crippen LogP contribution >= 0.6 is 0 Å². The van der Waals surface area contributed by atoms with Crippen molar-refractivity contribution in [2.45, 2.75) is 51.4 Å². The Hall–Kier alpha value is -5.70. The Balaban J connectivity index is 1.23. The van der Waals surface area contributed by atoms with E-state index >= 15 is 0 Å². The number of fused-ring (bicyclic) bond motifs is 14. The van der Waals surface area contributed by atoms with Crippen LogP contribution in [0.5, 0.6) is 0 Å². The minimum Gasteiger partial charge on any atom is -0.396 e.